The van der Waals surface area contributed by atoms with Crippen molar-refractivity contribution in [3.8, 4) is 0 Å². The van der Waals surface area contributed by atoms with E-state index in [1.54, 1.807) is 15.9 Å². The van der Waals surface area contributed by atoms with E-state index in [0.717, 1.165) is 0 Å². The molecule has 0 fully saturated rings. The average Bonchev–Trinajstić information content (AvgIpc) is 1.00. The third kappa shape index (κ3) is 8.91. The van der Waals surface area contributed by atoms with Crippen molar-refractivity contribution in [1.82, 2.24) is 0 Å². The van der Waals surface area contributed by atoms with Crippen LogP contribution in [-0.2, 0) is 19.8 Å². The molecule has 0 heterocycles. The number of hydrogen-bond acceptors (Lipinski definition) is 1. The van der Waals surface area contributed by atoms with Gasteiger partial charge in [-0.1, -0.05) is 0 Å². The third-order valence-corrected chi connectivity index (χ3v) is 0. The number of rotatable bonds is 0. The first-order valence-electron chi connectivity index (χ1n) is 0.154. The van der Waals surface area contributed by atoms with Gasteiger partial charge >= 0.3 is 103 Å². The van der Waals surface area contributed by atoms with Gasteiger partial charge in [-0.2, -0.15) is 0 Å². The third-order valence-electron chi connectivity index (χ3n) is 0. The summed E-state index contributed by atoms with van der Waals surface area (Å²) in [6, 6.07) is 0. The predicted octanol–water partition coefficient (Wildman–Crippen LogP) is -1.95. The molecule has 0 atom stereocenters. The molecule has 0 aromatic heterocycles. The molecule has 0 aromatic carbocycles. The molecule has 0 unspecified atom stereocenters. The maximum atomic E-state index is 8.06. The Hall–Kier alpha value is 3.06. The van der Waals surface area contributed by atoms with Gasteiger partial charge in [-0.05, 0) is 0 Å². The molecule has 0 radical (unpaired) electrons. The van der Waals surface area contributed by atoms with Crippen molar-refractivity contribution in [3.63, 3.8) is 0 Å². The summed E-state index contributed by atoms with van der Waals surface area (Å²) in [5, 5.41) is 0. The van der Waals surface area contributed by atoms with Crippen LogP contribution in [-0.4, -0.2) is 83.2 Å². The van der Waals surface area contributed by atoms with Gasteiger partial charge in [0.25, 0.3) is 0 Å². The Labute approximate surface area is 100 Å². The Kier molecular flexibility index (Phi) is 65.2. The van der Waals surface area contributed by atoms with Gasteiger partial charge in [0.1, 0.15) is 0 Å². The summed E-state index contributed by atoms with van der Waals surface area (Å²) < 4.78 is 8.06. The van der Waals surface area contributed by atoms with Gasteiger partial charge in [-0.25, -0.2) is 0 Å². The molecule has 0 bridgehead atoms. The predicted molar refractivity (Wildman–Crippen MR) is 17.8 cm³/mol. The van der Waals surface area contributed by atoms with Crippen molar-refractivity contribution in [1.29, 1.82) is 0 Å². The average molecular weight is 203 g/mol. The van der Waals surface area contributed by atoms with E-state index < -0.39 is 0 Å². The normalized spacial score (nSPS) is 1.00. The van der Waals surface area contributed by atoms with Crippen LogP contribution in [0.5, 0.6) is 0 Å². The van der Waals surface area contributed by atoms with Gasteiger partial charge in [0, 0.05) is 0 Å². The fourth-order valence-corrected chi connectivity index (χ4v) is 0. The van der Waals surface area contributed by atoms with Gasteiger partial charge in [-0.15, -0.1) is 0 Å². The van der Waals surface area contributed by atoms with E-state index in [1.165, 1.54) is 0 Å². The summed E-state index contributed by atoms with van der Waals surface area (Å²) >= 11 is 1.69. The Morgan fingerprint density at radius 2 is 1.25 bits per heavy atom. The molecular formula is H4CaMnOSr. The first-order valence-corrected chi connectivity index (χ1v) is 0.636. The van der Waals surface area contributed by atoms with Crippen molar-refractivity contribution < 1.29 is 19.8 Å². The van der Waals surface area contributed by atoms with Crippen molar-refractivity contribution >= 4 is 83.2 Å². The molecule has 0 spiro atoms. The first-order chi connectivity index (χ1) is 1.00. The summed E-state index contributed by atoms with van der Waals surface area (Å²) in [4.78, 5) is 0. The fourth-order valence-electron chi connectivity index (χ4n) is 0. The molecule has 0 N–H and O–H groups in total. The van der Waals surface area contributed by atoms with E-state index >= 15 is 0 Å². The van der Waals surface area contributed by atoms with Gasteiger partial charge in [0.2, 0.25) is 0 Å². The second-order valence-electron chi connectivity index (χ2n) is 0. The summed E-state index contributed by atoms with van der Waals surface area (Å²) in [5.74, 6) is 0. The van der Waals surface area contributed by atoms with Crippen LogP contribution in [0.3, 0.4) is 0 Å². The van der Waals surface area contributed by atoms with Crippen molar-refractivity contribution in [2.75, 3.05) is 0 Å². The van der Waals surface area contributed by atoms with Gasteiger partial charge in [0.05, 0.1) is 0 Å². The molecule has 0 amide bonds. The maximum absolute atomic E-state index is 8.06. The van der Waals surface area contributed by atoms with E-state index in [4.69, 9.17) is 3.83 Å². The molecular weight excluding hydrogens is 199 g/mol. The van der Waals surface area contributed by atoms with Crippen LogP contribution in [0.25, 0.3) is 0 Å². The van der Waals surface area contributed by atoms with Crippen molar-refractivity contribution in [2.45, 2.75) is 0 Å². The summed E-state index contributed by atoms with van der Waals surface area (Å²) in [7, 11) is 0. The summed E-state index contributed by atoms with van der Waals surface area (Å²) in [5.41, 5.74) is 0. The Bertz CT molecular complexity index is 8.00. The van der Waals surface area contributed by atoms with E-state index in [-0.39, 0.29) is 83.2 Å². The van der Waals surface area contributed by atoms with E-state index in [0.29, 0.717) is 0 Å². The van der Waals surface area contributed by atoms with Crippen molar-refractivity contribution in [2.24, 2.45) is 0 Å². The zero-order chi connectivity index (χ0) is 2.00. The molecule has 0 aliphatic carbocycles. The minimum atomic E-state index is 0. The monoisotopic (exact) mass is 203 g/mol. The van der Waals surface area contributed by atoms with E-state index in [2.05, 4.69) is 0 Å². The van der Waals surface area contributed by atoms with Crippen LogP contribution < -0.4 is 0 Å². The van der Waals surface area contributed by atoms with Crippen molar-refractivity contribution in [3.05, 3.63) is 0 Å². The molecule has 0 rings (SSSR count). The van der Waals surface area contributed by atoms with Crippen LogP contribution >= 0.6 is 0 Å². The van der Waals surface area contributed by atoms with Gasteiger partial charge in [-0.3, -0.25) is 0 Å². The number of hydrogen-bond donors (Lipinski definition) is 0. The zero-order valence-electron chi connectivity index (χ0n) is 0.786. The zero-order valence-corrected chi connectivity index (χ0v) is 1.97. The molecule has 4 heteroatoms. The molecule has 1 nitrogen and oxygen atoms in total. The van der Waals surface area contributed by atoms with Crippen LogP contribution in [0.4, 0.5) is 0 Å². The summed E-state index contributed by atoms with van der Waals surface area (Å²) in [6.07, 6.45) is 0. The molecule has 0 saturated carbocycles. The molecule has 0 aliphatic rings. The van der Waals surface area contributed by atoms with Gasteiger partial charge < -0.3 is 0 Å². The van der Waals surface area contributed by atoms with Crippen LogP contribution in [0, 0.1) is 0 Å². The molecule has 4 heavy (non-hydrogen) atoms. The quantitative estimate of drug-likeness (QED) is 0.418. The standard InChI is InChI=1S/Ca.Mn.O.Sr.4H. The first kappa shape index (κ1) is 15.7. The van der Waals surface area contributed by atoms with E-state index in [1.807, 2.05) is 0 Å². The van der Waals surface area contributed by atoms with Crippen LogP contribution in [0.2, 0.25) is 0 Å². The fraction of sp³-hybridized carbons (Fsp3) is 0. The molecule has 0 saturated heterocycles. The second kappa shape index (κ2) is 16.6. The van der Waals surface area contributed by atoms with Crippen LogP contribution in [0.15, 0.2) is 0 Å². The minimum absolute atomic E-state index is 0. The SMILES string of the molecule is [CaH2].[O]=[Mn].[SrH2]. The summed E-state index contributed by atoms with van der Waals surface area (Å²) in [6.45, 7) is 0. The topological polar surface area (TPSA) is 17.1 Å². The molecule has 0 aliphatic heterocycles. The Morgan fingerprint density at radius 3 is 1.25 bits per heavy atom. The Balaban J connectivity index is -0.00000000500. The molecule has 0 aromatic rings. The molecule has 21 valence electrons. The van der Waals surface area contributed by atoms with Crippen LogP contribution in [0.1, 0.15) is 0 Å². The second-order valence-corrected chi connectivity index (χ2v) is 0. The van der Waals surface area contributed by atoms with Gasteiger partial charge in [0.15, 0.2) is 0 Å². The Morgan fingerprint density at radius 1 is 1.25 bits per heavy atom. The van der Waals surface area contributed by atoms with E-state index in [9.17, 15) is 0 Å².